The van der Waals surface area contributed by atoms with Gasteiger partial charge in [0.2, 0.25) is 0 Å². The molecule has 1 aromatic carbocycles. The maximum atomic E-state index is 6.00. The second kappa shape index (κ2) is 4.78. The molecule has 2 N–H and O–H groups in total. The molecule has 92 valence electrons. The molecule has 0 bridgehead atoms. The molecule has 1 saturated heterocycles. The summed E-state index contributed by atoms with van der Waals surface area (Å²) in [5.41, 5.74) is 7.45. The molecule has 1 heterocycles. The number of rotatable bonds is 2. The van der Waals surface area contributed by atoms with Crippen molar-refractivity contribution in [1.29, 1.82) is 0 Å². The van der Waals surface area contributed by atoms with E-state index in [1.807, 2.05) is 30.3 Å². The first-order valence-corrected chi connectivity index (χ1v) is 6.21. The lowest BCUT2D eigenvalue weighted by atomic mass is 9.83. The minimum atomic E-state index is 0.452. The average molecular weight is 231 g/mol. The van der Waals surface area contributed by atoms with Gasteiger partial charge in [0.15, 0.2) is 5.84 Å². The molecule has 1 fully saturated rings. The molecule has 3 nitrogen and oxygen atoms in total. The van der Waals surface area contributed by atoms with E-state index in [1.54, 1.807) is 0 Å². The van der Waals surface area contributed by atoms with E-state index in [2.05, 4.69) is 24.0 Å². The lowest BCUT2D eigenvalue weighted by Crippen LogP contribution is -2.35. The van der Waals surface area contributed by atoms with Crippen molar-refractivity contribution < 1.29 is 0 Å². The SMILES string of the molecule is CC1(C)CCN(N=C(N)c2ccccc2)CC1. The summed E-state index contributed by atoms with van der Waals surface area (Å²) in [6.45, 7) is 6.63. The molecule has 0 unspecified atom stereocenters. The van der Waals surface area contributed by atoms with Crippen LogP contribution < -0.4 is 5.73 Å². The van der Waals surface area contributed by atoms with Crippen LogP contribution in [0, 0.1) is 5.41 Å². The van der Waals surface area contributed by atoms with Crippen LogP contribution in [-0.2, 0) is 0 Å². The third-order valence-electron chi connectivity index (χ3n) is 3.41. The minimum Gasteiger partial charge on any atom is -0.382 e. The van der Waals surface area contributed by atoms with Crippen LogP contribution in [0.4, 0.5) is 0 Å². The van der Waals surface area contributed by atoms with Gasteiger partial charge in [-0.25, -0.2) is 0 Å². The van der Waals surface area contributed by atoms with Crippen LogP contribution in [0.15, 0.2) is 35.4 Å². The van der Waals surface area contributed by atoms with Crippen molar-refractivity contribution in [2.45, 2.75) is 26.7 Å². The smallest absolute Gasteiger partial charge is 0.150 e. The molecule has 0 radical (unpaired) electrons. The first-order valence-electron chi connectivity index (χ1n) is 6.21. The molecular weight excluding hydrogens is 210 g/mol. The van der Waals surface area contributed by atoms with Crippen molar-refractivity contribution >= 4 is 5.84 Å². The number of hydrogen-bond donors (Lipinski definition) is 1. The second-order valence-electron chi connectivity index (χ2n) is 5.47. The monoisotopic (exact) mass is 231 g/mol. The Hall–Kier alpha value is -1.51. The highest BCUT2D eigenvalue weighted by Gasteiger charge is 2.24. The van der Waals surface area contributed by atoms with Gasteiger partial charge < -0.3 is 5.73 Å². The molecule has 0 aromatic heterocycles. The Morgan fingerprint density at radius 1 is 1.18 bits per heavy atom. The summed E-state index contributed by atoms with van der Waals surface area (Å²) in [5.74, 6) is 0.616. The van der Waals surface area contributed by atoms with Crippen LogP contribution in [-0.4, -0.2) is 23.9 Å². The lowest BCUT2D eigenvalue weighted by Gasteiger charge is -2.35. The highest BCUT2D eigenvalue weighted by Crippen LogP contribution is 2.29. The Morgan fingerprint density at radius 2 is 1.76 bits per heavy atom. The molecule has 1 aliphatic rings. The first kappa shape index (κ1) is 12.0. The maximum Gasteiger partial charge on any atom is 0.150 e. The van der Waals surface area contributed by atoms with E-state index in [9.17, 15) is 0 Å². The zero-order valence-corrected chi connectivity index (χ0v) is 10.7. The molecule has 1 aromatic rings. The molecule has 1 aliphatic heterocycles. The zero-order valence-electron chi connectivity index (χ0n) is 10.7. The second-order valence-corrected chi connectivity index (χ2v) is 5.47. The Labute approximate surface area is 103 Å². The number of amidine groups is 1. The van der Waals surface area contributed by atoms with Gasteiger partial charge >= 0.3 is 0 Å². The van der Waals surface area contributed by atoms with Gasteiger partial charge in [0.25, 0.3) is 0 Å². The molecule has 0 amide bonds. The third-order valence-corrected chi connectivity index (χ3v) is 3.41. The van der Waals surface area contributed by atoms with E-state index < -0.39 is 0 Å². The van der Waals surface area contributed by atoms with Gasteiger partial charge in [-0.2, -0.15) is 5.10 Å². The Morgan fingerprint density at radius 3 is 2.35 bits per heavy atom. The van der Waals surface area contributed by atoms with Crippen LogP contribution in [0.5, 0.6) is 0 Å². The van der Waals surface area contributed by atoms with E-state index in [4.69, 9.17) is 5.73 Å². The van der Waals surface area contributed by atoms with Gasteiger partial charge in [-0.3, -0.25) is 5.01 Å². The fraction of sp³-hybridized carbons (Fsp3) is 0.500. The van der Waals surface area contributed by atoms with E-state index in [0.717, 1.165) is 18.7 Å². The quantitative estimate of drug-likeness (QED) is 0.627. The Kier molecular flexibility index (Phi) is 3.36. The lowest BCUT2D eigenvalue weighted by molar-refractivity contribution is 0.136. The van der Waals surface area contributed by atoms with E-state index >= 15 is 0 Å². The predicted molar refractivity (Wildman–Crippen MR) is 71.8 cm³/mol. The number of nitrogens with two attached hydrogens (primary N) is 1. The van der Waals surface area contributed by atoms with Crippen molar-refractivity contribution in [2.75, 3.05) is 13.1 Å². The maximum absolute atomic E-state index is 6.00. The first-order chi connectivity index (χ1) is 8.07. The van der Waals surface area contributed by atoms with Crippen molar-refractivity contribution in [3.8, 4) is 0 Å². The highest BCUT2D eigenvalue weighted by molar-refractivity contribution is 5.97. The third kappa shape index (κ3) is 3.22. The molecule has 0 aliphatic carbocycles. The summed E-state index contributed by atoms with van der Waals surface area (Å²) in [6, 6.07) is 9.94. The largest absolute Gasteiger partial charge is 0.382 e. The normalized spacial score (nSPS) is 20.4. The van der Waals surface area contributed by atoms with E-state index in [1.165, 1.54) is 12.8 Å². The molecular formula is C14H21N3. The fourth-order valence-corrected chi connectivity index (χ4v) is 2.02. The zero-order chi connectivity index (χ0) is 12.3. The number of hydrazone groups is 1. The van der Waals surface area contributed by atoms with Gasteiger partial charge in [0.05, 0.1) is 0 Å². The van der Waals surface area contributed by atoms with Crippen LogP contribution in [0.3, 0.4) is 0 Å². The molecule has 2 rings (SSSR count). The van der Waals surface area contributed by atoms with Crippen molar-refractivity contribution in [3.05, 3.63) is 35.9 Å². The van der Waals surface area contributed by atoms with Gasteiger partial charge in [0.1, 0.15) is 0 Å². The summed E-state index contributed by atoms with van der Waals surface area (Å²) in [4.78, 5) is 0. The fourth-order valence-electron chi connectivity index (χ4n) is 2.02. The van der Waals surface area contributed by atoms with Gasteiger partial charge in [-0.1, -0.05) is 44.2 Å². The van der Waals surface area contributed by atoms with Crippen molar-refractivity contribution in [2.24, 2.45) is 16.3 Å². The molecule has 0 spiro atoms. The van der Waals surface area contributed by atoms with Crippen molar-refractivity contribution in [3.63, 3.8) is 0 Å². The van der Waals surface area contributed by atoms with Gasteiger partial charge in [0, 0.05) is 18.7 Å². The van der Waals surface area contributed by atoms with E-state index in [0.29, 0.717) is 11.3 Å². The summed E-state index contributed by atoms with van der Waals surface area (Å²) < 4.78 is 0. The van der Waals surface area contributed by atoms with Crippen molar-refractivity contribution in [1.82, 2.24) is 5.01 Å². The summed E-state index contributed by atoms with van der Waals surface area (Å²) in [7, 11) is 0. The molecule has 0 saturated carbocycles. The van der Waals surface area contributed by atoms with Crippen LogP contribution in [0.2, 0.25) is 0 Å². The summed E-state index contributed by atoms with van der Waals surface area (Å²) >= 11 is 0. The summed E-state index contributed by atoms with van der Waals surface area (Å²) in [6.07, 6.45) is 2.36. The molecule has 0 atom stereocenters. The number of nitrogens with zero attached hydrogens (tertiary/aromatic N) is 2. The average Bonchev–Trinajstić information content (AvgIpc) is 2.33. The van der Waals surface area contributed by atoms with Crippen LogP contribution in [0.1, 0.15) is 32.3 Å². The van der Waals surface area contributed by atoms with Gasteiger partial charge in [-0.15, -0.1) is 0 Å². The molecule has 17 heavy (non-hydrogen) atoms. The topological polar surface area (TPSA) is 41.6 Å². The number of piperidine rings is 1. The van der Waals surface area contributed by atoms with Gasteiger partial charge in [-0.05, 0) is 18.3 Å². The minimum absolute atomic E-state index is 0.452. The Bertz CT molecular complexity index is 385. The molecule has 3 heteroatoms. The van der Waals surface area contributed by atoms with Crippen LogP contribution in [0.25, 0.3) is 0 Å². The summed E-state index contributed by atoms with van der Waals surface area (Å²) in [5, 5.41) is 6.59. The number of hydrogen-bond acceptors (Lipinski definition) is 2. The van der Waals surface area contributed by atoms with E-state index in [-0.39, 0.29) is 0 Å². The van der Waals surface area contributed by atoms with Crippen LogP contribution >= 0.6 is 0 Å². The standard InChI is InChI=1S/C14H21N3/c1-14(2)8-10-17(11-9-14)16-13(15)12-6-4-3-5-7-12/h3-7H,8-11H2,1-2H3,(H2,15,16). The Balaban J connectivity index is 2.01. The number of benzene rings is 1. The predicted octanol–water partition coefficient (Wildman–Crippen LogP) is 2.43. The highest BCUT2D eigenvalue weighted by atomic mass is 15.5.